The molecule has 7 nitrogen and oxygen atoms in total. The molecule has 0 aliphatic heterocycles. The number of hydrogen-bond acceptors (Lipinski definition) is 5. The SMILES string of the molecule is Cn1ncc2c(NCC(C)(C)O)c(C(=O)O)cnc21. The lowest BCUT2D eigenvalue weighted by Gasteiger charge is -2.19. The van der Waals surface area contributed by atoms with Crippen LogP contribution in [-0.2, 0) is 7.05 Å². The van der Waals surface area contributed by atoms with Crippen LogP contribution in [0.25, 0.3) is 11.0 Å². The average Bonchev–Trinajstić information content (AvgIpc) is 2.67. The number of fused-ring (bicyclic) bond motifs is 1. The number of rotatable bonds is 4. The second-order valence-corrected chi connectivity index (χ2v) is 5.02. The van der Waals surface area contributed by atoms with Crippen molar-refractivity contribution in [2.75, 3.05) is 11.9 Å². The number of anilines is 1. The van der Waals surface area contributed by atoms with E-state index in [1.165, 1.54) is 6.20 Å². The first-order valence-electron chi connectivity index (χ1n) is 5.80. The summed E-state index contributed by atoms with van der Waals surface area (Å²) >= 11 is 0. The minimum atomic E-state index is -1.07. The topological polar surface area (TPSA) is 100 Å². The van der Waals surface area contributed by atoms with E-state index >= 15 is 0 Å². The van der Waals surface area contributed by atoms with Crippen LogP contribution in [0.2, 0.25) is 0 Å². The van der Waals surface area contributed by atoms with Gasteiger partial charge in [0.05, 0.1) is 22.9 Å². The number of nitrogens with one attached hydrogen (secondary N) is 1. The molecule has 2 aromatic heterocycles. The zero-order valence-corrected chi connectivity index (χ0v) is 11.0. The van der Waals surface area contributed by atoms with Crippen molar-refractivity contribution in [3.05, 3.63) is 18.0 Å². The van der Waals surface area contributed by atoms with Crippen LogP contribution in [0.5, 0.6) is 0 Å². The molecule has 2 rings (SSSR count). The fourth-order valence-electron chi connectivity index (χ4n) is 1.75. The third-order valence-corrected chi connectivity index (χ3v) is 2.69. The van der Waals surface area contributed by atoms with Crippen LogP contribution in [0.15, 0.2) is 12.4 Å². The molecule has 0 bridgehead atoms. The number of aromatic carboxylic acids is 1. The van der Waals surface area contributed by atoms with Gasteiger partial charge >= 0.3 is 5.97 Å². The van der Waals surface area contributed by atoms with E-state index in [1.54, 1.807) is 31.8 Å². The molecule has 0 saturated heterocycles. The summed E-state index contributed by atoms with van der Waals surface area (Å²) in [6, 6.07) is 0. The Morgan fingerprint density at radius 3 is 2.74 bits per heavy atom. The van der Waals surface area contributed by atoms with E-state index in [4.69, 9.17) is 0 Å². The largest absolute Gasteiger partial charge is 0.478 e. The molecule has 7 heteroatoms. The van der Waals surface area contributed by atoms with E-state index in [0.29, 0.717) is 16.7 Å². The number of carboxylic acids is 1. The number of aromatic nitrogens is 3. The van der Waals surface area contributed by atoms with Gasteiger partial charge in [0.1, 0.15) is 5.56 Å². The van der Waals surface area contributed by atoms with Crippen molar-refractivity contribution in [1.29, 1.82) is 0 Å². The van der Waals surface area contributed by atoms with Crippen molar-refractivity contribution in [3.8, 4) is 0 Å². The predicted octanol–water partition coefficient (Wildman–Crippen LogP) is 0.849. The minimum absolute atomic E-state index is 0.0600. The number of aliphatic hydroxyl groups is 1. The number of aryl methyl sites for hydroxylation is 1. The molecule has 0 saturated carbocycles. The molecular formula is C12H16N4O3. The van der Waals surface area contributed by atoms with Gasteiger partial charge < -0.3 is 15.5 Å². The van der Waals surface area contributed by atoms with Gasteiger partial charge in [0.15, 0.2) is 5.65 Å². The van der Waals surface area contributed by atoms with E-state index < -0.39 is 11.6 Å². The third kappa shape index (κ3) is 2.65. The van der Waals surface area contributed by atoms with E-state index in [-0.39, 0.29) is 12.1 Å². The lowest BCUT2D eigenvalue weighted by molar-refractivity contribution is 0.0696. The molecule has 0 amide bonds. The molecular weight excluding hydrogens is 248 g/mol. The first-order valence-corrected chi connectivity index (χ1v) is 5.80. The summed E-state index contributed by atoms with van der Waals surface area (Å²) in [5.74, 6) is -1.07. The van der Waals surface area contributed by atoms with Crippen molar-refractivity contribution in [1.82, 2.24) is 14.8 Å². The Hall–Kier alpha value is -2.15. The average molecular weight is 264 g/mol. The van der Waals surface area contributed by atoms with Crippen molar-refractivity contribution < 1.29 is 15.0 Å². The van der Waals surface area contributed by atoms with Gasteiger partial charge in [0.25, 0.3) is 0 Å². The van der Waals surface area contributed by atoms with Gasteiger partial charge in [0.2, 0.25) is 0 Å². The Morgan fingerprint density at radius 1 is 1.47 bits per heavy atom. The Morgan fingerprint density at radius 2 is 2.16 bits per heavy atom. The molecule has 2 aromatic rings. The number of nitrogens with zero attached hydrogens (tertiary/aromatic N) is 3. The maximum absolute atomic E-state index is 11.2. The fraction of sp³-hybridized carbons (Fsp3) is 0.417. The highest BCUT2D eigenvalue weighted by Crippen LogP contribution is 2.26. The second-order valence-electron chi connectivity index (χ2n) is 5.02. The summed E-state index contributed by atoms with van der Waals surface area (Å²) in [7, 11) is 1.73. The van der Waals surface area contributed by atoms with Crippen molar-refractivity contribution in [2.24, 2.45) is 7.05 Å². The molecule has 19 heavy (non-hydrogen) atoms. The summed E-state index contributed by atoms with van der Waals surface area (Å²) in [5.41, 5.74) is 0.119. The lowest BCUT2D eigenvalue weighted by Crippen LogP contribution is -2.30. The highest BCUT2D eigenvalue weighted by molar-refractivity contribution is 6.03. The second kappa shape index (κ2) is 4.51. The number of pyridine rings is 1. The standard InChI is InChI=1S/C12H16N4O3/c1-12(2,19)6-14-9-7-5-15-16(3)10(7)13-4-8(9)11(17)18/h4-5,19H,6H2,1-3H3,(H,13,14)(H,17,18). The Kier molecular flexibility index (Phi) is 3.15. The van der Waals surface area contributed by atoms with Crippen LogP contribution in [-0.4, -0.2) is 43.1 Å². The molecule has 0 aliphatic rings. The number of carboxylic acid groups (broad SMARTS) is 1. The molecule has 0 fully saturated rings. The molecule has 0 atom stereocenters. The minimum Gasteiger partial charge on any atom is -0.478 e. The zero-order valence-electron chi connectivity index (χ0n) is 11.0. The van der Waals surface area contributed by atoms with Crippen LogP contribution < -0.4 is 5.32 Å². The maximum Gasteiger partial charge on any atom is 0.339 e. The summed E-state index contributed by atoms with van der Waals surface area (Å²) in [6.45, 7) is 3.51. The maximum atomic E-state index is 11.2. The molecule has 0 aromatic carbocycles. The smallest absolute Gasteiger partial charge is 0.339 e. The van der Waals surface area contributed by atoms with Crippen molar-refractivity contribution >= 4 is 22.7 Å². The fourth-order valence-corrected chi connectivity index (χ4v) is 1.75. The van der Waals surface area contributed by atoms with Crippen LogP contribution in [0.1, 0.15) is 24.2 Å². The number of hydrogen-bond donors (Lipinski definition) is 3. The molecule has 2 heterocycles. The van der Waals surface area contributed by atoms with Gasteiger partial charge in [-0.3, -0.25) is 4.68 Å². The van der Waals surface area contributed by atoms with Gasteiger partial charge in [0, 0.05) is 19.8 Å². The van der Waals surface area contributed by atoms with Crippen LogP contribution in [0.4, 0.5) is 5.69 Å². The quantitative estimate of drug-likeness (QED) is 0.757. The van der Waals surface area contributed by atoms with E-state index in [2.05, 4.69) is 15.4 Å². The van der Waals surface area contributed by atoms with Crippen LogP contribution in [0.3, 0.4) is 0 Å². The van der Waals surface area contributed by atoms with E-state index in [1.807, 2.05) is 0 Å². The zero-order chi connectivity index (χ0) is 14.2. The van der Waals surface area contributed by atoms with Crippen LogP contribution >= 0.6 is 0 Å². The molecule has 0 aliphatic carbocycles. The predicted molar refractivity (Wildman–Crippen MR) is 70.3 cm³/mol. The van der Waals surface area contributed by atoms with Crippen LogP contribution in [0, 0.1) is 0 Å². The van der Waals surface area contributed by atoms with Gasteiger partial charge in [-0.2, -0.15) is 5.10 Å². The Bertz CT molecular complexity index is 628. The molecule has 0 radical (unpaired) electrons. The Labute approximate surface area is 109 Å². The summed E-state index contributed by atoms with van der Waals surface area (Å²) in [4.78, 5) is 15.3. The summed E-state index contributed by atoms with van der Waals surface area (Å²) < 4.78 is 1.57. The Balaban J connectivity index is 2.53. The first kappa shape index (κ1) is 13.3. The van der Waals surface area contributed by atoms with E-state index in [9.17, 15) is 15.0 Å². The molecule has 102 valence electrons. The molecule has 3 N–H and O–H groups in total. The van der Waals surface area contributed by atoms with E-state index in [0.717, 1.165) is 0 Å². The lowest BCUT2D eigenvalue weighted by atomic mass is 10.1. The normalized spacial score (nSPS) is 11.8. The summed E-state index contributed by atoms with van der Waals surface area (Å²) in [5, 5.41) is 26.6. The first-order chi connectivity index (χ1) is 8.79. The molecule has 0 unspecified atom stereocenters. The van der Waals surface area contributed by atoms with Crippen molar-refractivity contribution in [2.45, 2.75) is 19.4 Å². The third-order valence-electron chi connectivity index (χ3n) is 2.69. The van der Waals surface area contributed by atoms with Gasteiger partial charge in [-0.15, -0.1) is 0 Å². The highest BCUT2D eigenvalue weighted by atomic mass is 16.4. The van der Waals surface area contributed by atoms with Crippen molar-refractivity contribution in [3.63, 3.8) is 0 Å². The molecule has 0 spiro atoms. The van der Waals surface area contributed by atoms with Gasteiger partial charge in [-0.1, -0.05) is 0 Å². The van der Waals surface area contributed by atoms with Gasteiger partial charge in [-0.25, -0.2) is 9.78 Å². The number of carbonyl (C=O) groups is 1. The monoisotopic (exact) mass is 264 g/mol. The van der Waals surface area contributed by atoms with Gasteiger partial charge in [-0.05, 0) is 13.8 Å². The summed E-state index contributed by atoms with van der Waals surface area (Å²) in [6.07, 6.45) is 2.85. The highest BCUT2D eigenvalue weighted by Gasteiger charge is 2.19.